The minimum absolute atomic E-state index is 0.0641. The molecule has 5 heteroatoms. The fraction of sp³-hybridized carbons (Fsp3) is 0.529. The second-order valence-corrected chi connectivity index (χ2v) is 5.78. The lowest BCUT2D eigenvalue weighted by Crippen LogP contribution is -2.28. The Morgan fingerprint density at radius 2 is 2.41 bits per heavy atom. The molecule has 1 saturated heterocycles. The van der Waals surface area contributed by atoms with Crippen LogP contribution < -0.4 is 10.1 Å². The predicted octanol–water partition coefficient (Wildman–Crippen LogP) is 2.09. The van der Waals surface area contributed by atoms with E-state index in [2.05, 4.69) is 29.4 Å². The van der Waals surface area contributed by atoms with Gasteiger partial charge in [-0.3, -0.25) is 9.78 Å². The van der Waals surface area contributed by atoms with Crippen LogP contribution in [0.3, 0.4) is 0 Å². The minimum Gasteiger partial charge on any atom is -0.487 e. The van der Waals surface area contributed by atoms with Gasteiger partial charge in [-0.1, -0.05) is 12.2 Å². The molecule has 0 spiro atoms. The summed E-state index contributed by atoms with van der Waals surface area (Å²) in [6.45, 7) is 5.18. The second kappa shape index (κ2) is 7.94. The average molecular weight is 303 g/mol. The number of nitrogens with one attached hydrogen (secondary N) is 1. The van der Waals surface area contributed by atoms with Crippen molar-refractivity contribution in [1.29, 1.82) is 0 Å². The van der Waals surface area contributed by atoms with Crippen LogP contribution in [0.2, 0.25) is 0 Å². The SMILES string of the molecule is CN[C@@H](C)C/C=C/c1cncc(O[C@H]2CCN(C(C)=O)C2)c1. The monoisotopic (exact) mass is 303 g/mol. The van der Waals surface area contributed by atoms with Gasteiger partial charge >= 0.3 is 0 Å². The molecular weight excluding hydrogens is 278 g/mol. The third-order valence-electron chi connectivity index (χ3n) is 3.92. The summed E-state index contributed by atoms with van der Waals surface area (Å²) in [7, 11) is 1.96. The predicted molar refractivity (Wildman–Crippen MR) is 87.7 cm³/mol. The number of nitrogens with zero attached hydrogens (tertiary/aromatic N) is 2. The molecule has 0 bridgehead atoms. The van der Waals surface area contributed by atoms with Gasteiger partial charge in [0.1, 0.15) is 11.9 Å². The van der Waals surface area contributed by atoms with Crippen molar-refractivity contribution in [3.8, 4) is 5.75 Å². The van der Waals surface area contributed by atoms with Crippen molar-refractivity contribution in [2.45, 2.75) is 38.8 Å². The summed E-state index contributed by atoms with van der Waals surface area (Å²) in [5, 5.41) is 3.20. The van der Waals surface area contributed by atoms with Gasteiger partial charge in [-0.05, 0) is 32.0 Å². The first-order chi connectivity index (χ1) is 10.6. The maximum absolute atomic E-state index is 11.3. The maximum atomic E-state index is 11.3. The summed E-state index contributed by atoms with van der Waals surface area (Å²) in [5.41, 5.74) is 1.03. The fourth-order valence-electron chi connectivity index (χ4n) is 2.42. The summed E-state index contributed by atoms with van der Waals surface area (Å²) in [4.78, 5) is 17.4. The zero-order valence-electron chi connectivity index (χ0n) is 13.6. The van der Waals surface area contributed by atoms with E-state index < -0.39 is 0 Å². The molecule has 5 nitrogen and oxygen atoms in total. The van der Waals surface area contributed by atoms with E-state index in [0.717, 1.165) is 30.7 Å². The Bertz CT molecular complexity index is 530. The van der Waals surface area contributed by atoms with Crippen LogP contribution in [0.15, 0.2) is 24.5 Å². The summed E-state index contributed by atoms with van der Waals surface area (Å²) >= 11 is 0. The molecule has 0 saturated carbocycles. The summed E-state index contributed by atoms with van der Waals surface area (Å²) in [6.07, 6.45) is 9.65. The molecule has 1 amide bonds. The van der Waals surface area contributed by atoms with Crippen molar-refractivity contribution >= 4 is 12.0 Å². The van der Waals surface area contributed by atoms with Crippen LogP contribution >= 0.6 is 0 Å². The molecule has 0 unspecified atom stereocenters. The Kier molecular flexibility index (Phi) is 5.95. The lowest BCUT2D eigenvalue weighted by Gasteiger charge is -2.15. The highest BCUT2D eigenvalue weighted by molar-refractivity contribution is 5.73. The number of hydrogen-bond donors (Lipinski definition) is 1. The van der Waals surface area contributed by atoms with Crippen LogP contribution in [0.4, 0.5) is 0 Å². The molecular formula is C17H25N3O2. The number of pyridine rings is 1. The first-order valence-electron chi connectivity index (χ1n) is 7.79. The highest BCUT2D eigenvalue weighted by Crippen LogP contribution is 2.19. The molecule has 22 heavy (non-hydrogen) atoms. The van der Waals surface area contributed by atoms with E-state index in [-0.39, 0.29) is 12.0 Å². The average Bonchev–Trinajstić information content (AvgIpc) is 2.96. The molecule has 2 atom stereocenters. The first kappa shape index (κ1) is 16.5. The standard InChI is InChI=1S/C17H25N3O2/c1-13(18-3)5-4-6-15-9-17(11-19-10-15)22-16-7-8-20(12-16)14(2)21/h4,6,9-11,13,16,18H,5,7-8,12H2,1-3H3/b6-4+/t13-,16-/m0/s1. The van der Waals surface area contributed by atoms with E-state index in [1.165, 1.54) is 0 Å². The van der Waals surface area contributed by atoms with Gasteiger partial charge in [0.15, 0.2) is 0 Å². The number of likely N-dealkylation sites (tertiary alicyclic amines) is 1. The maximum Gasteiger partial charge on any atom is 0.219 e. The number of aromatic nitrogens is 1. The molecule has 1 aromatic heterocycles. The molecule has 0 aromatic carbocycles. The fourth-order valence-corrected chi connectivity index (χ4v) is 2.42. The Hall–Kier alpha value is -1.88. The van der Waals surface area contributed by atoms with E-state index >= 15 is 0 Å². The van der Waals surface area contributed by atoms with Crippen molar-refractivity contribution < 1.29 is 9.53 Å². The molecule has 1 aliphatic rings. The van der Waals surface area contributed by atoms with Gasteiger partial charge < -0.3 is 15.0 Å². The molecule has 2 rings (SSSR count). The molecule has 0 radical (unpaired) electrons. The van der Waals surface area contributed by atoms with Gasteiger partial charge in [-0.25, -0.2) is 0 Å². The summed E-state index contributed by atoms with van der Waals surface area (Å²) in [5.74, 6) is 0.874. The van der Waals surface area contributed by atoms with Gasteiger partial charge in [0.25, 0.3) is 0 Å². The zero-order chi connectivity index (χ0) is 15.9. The van der Waals surface area contributed by atoms with Crippen LogP contribution in [0.5, 0.6) is 5.75 Å². The van der Waals surface area contributed by atoms with Crippen LogP contribution in [0, 0.1) is 0 Å². The Morgan fingerprint density at radius 3 is 3.09 bits per heavy atom. The van der Waals surface area contributed by atoms with Crippen molar-refractivity contribution in [2.24, 2.45) is 0 Å². The summed E-state index contributed by atoms with van der Waals surface area (Å²) in [6, 6.07) is 2.45. The minimum atomic E-state index is 0.0641. The quantitative estimate of drug-likeness (QED) is 0.874. The molecule has 1 fully saturated rings. The molecule has 1 aromatic rings. The third kappa shape index (κ3) is 4.84. The van der Waals surface area contributed by atoms with Gasteiger partial charge in [0, 0.05) is 32.1 Å². The van der Waals surface area contributed by atoms with E-state index in [1.54, 1.807) is 13.1 Å². The van der Waals surface area contributed by atoms with Gasteiger partial charge in [-0.15, -0.1) is 0 Å². The molecule has 1 N–H and O–H groups in total. The largest absolute Gasteiger partial charge is 0.487 e. The molecule has 1 aliphatic heterocycles. The van der Waals surface area contributed by atoms with Crippen molar-refractivity contribution in [3.63, 3.8) is 0 Å². The number of rotatable bonds is 6. The number of amides is 1. The van der Waals surface area contributed by atoms with Gasteiger partial charge in [0.2, 0.25) is 5.91 Å². The number of carbonyl (C=O) groups is 1. The van der Waals surface area contributed by atoms with Gasteiger partial charge in [-0.2, -0.15) is 0 Å². The Balaban J connectivity index is 1.90. The highest BCUT2D eigenvalue weighted by atomic mass is 16.5. The molecule has 0 aliphatic carbocycles. The normalized spacial score (nSPS) is 19.6. The van der Waals surface area contributed by atoms with Crippen LogP contribution in [-0.2, 0) is 4.79 Å². The van der Waals surface area contributed by atoms with Crippen molar-refractivity contribution in [3.05, 3.63) is 30.1 Å². The van der Waals surface area contributed by atoms with Gasteiger partial charge in [0.05, 0.1) is 12.7 Å². The highest BCUT2D eigenvalue weighted by Gasteiger charge is 2.25. The van der Waals surface area contributed by atoms with E-state index in [9.17, 15) is 4.79 Å². The van der Waals surface area contributed by atoms with E-state index in [0.29, 0.717) is 12.6 Å². The van der Waals surface area contributed by atoms with E-state index in [1.807, 2.05) is 24.2 Å². The van der Waals surface area contributed by atoms with Crippen LogP contribution in [0.25, 0.3) is 6.08 Å². The number of ether oxygens (including phenoxy) is 1. The number of hydrogen-bond acceptors (Lipinski definition) is 4. The van der Waals surface area contributed by atoms with Crippen LogP contribution in [-0.4, -0.2) is 48.1 Å². The Labute approximate surface area is 132 Å². The van der Waals surface area contributed by atoms with E-state index in [4.69, 9.17) is 4.74 Å². The summed E-state index contributed by atoms with van der Waals surface area (Å²) < 4.78 is 5.94. The topological polar surface area (TPSA) is 54.5 Å². The first-order valence-corrected chi connectivity index (χ1v) is 7.79. The Morgan fingerprint density at radius 1 is 1.59 bits per heavy atom. The lowest BCUT2D eigenvalue weighted by molar-refractivity contribution is -0.128. The molecule has 2 heterocycles. The number of carbonyl (C=O) groups excluding carboxylic acids is 1. The smallest absolute Gasteiger partial charge is 0.219 e. The van der Waals surface area contributed by atoms with Crippen molar-refractivity contribution in [2.75, 3.05) is 20.1 Å². The lowest BCUT2D eigenvalue weighted by atomic mass is 10.2. The van der Waals surface area contributed by atoms with Crippen molar-refractivity contribution in [1.82, 2.24) is 15.2 Å². The zero-order valence-corrected chi connectivity index (χ0v) is 13.6. The third-order valence-corrected chi connectivity index (χ3v) is 3.92. The van der Waals surface area contributed by atoms with Crippen LogP contribution in [0.1, 0.15) is 32.3 Å². The molecule has 120 valence electrons. The second-order valence-electron chi connectivity index (χ2n) is 5.78.